The van der Waals surface area contributed by atoms with Crippen molar-refractivity contribution in [2.45, 2.75) is 31.4 Å². The SMILES string of the molecule is O=C(c1ccon1)N(CC1CCCO1)C1CCS(=O)(=O)C1. The Balaban J connectivity index is 1.78. The van der Waals surface area contributed by atoms with Gasteiger partial charge in [-0.25, -0.2) is 8.42 Å². The van der Waals surface area contributed by atoms with Crippen LogP contribution in [-0.2, 0) is 14.6 Å². The Bertz CT molecular complexity index is 592. The number of hydrogen-bond donors (Lipinski definition) is 0. The van der Waals surface area contributed by atoms with Gasteiger partial charge in [-0.1, -0.05) is 5.16 Å². The van der Waals surface area contributed by atoms with Crippen molar-refractivity contribution in [1.82, 2.24) is 10.1 Å². The molecule has 2 unspecified atom stereocenters. The molecule has 2 atom stereocenters. The minimum Gasteiger partial charge on any atom is -0.376 e. The lowest BCUT2D eigenvalue weighted by Crippen LogP contribution is -2.45. The molecule has 1 amide bonds. The summed E-state index contributed by atoms with van der Waals surface area (Å²) in [7, 11) is -3.05. The highest BCUT2D eigenvalue weighted by molar-refractivity contribution is 7.91. The maximum absolute atomic E-state index is 12.5. The number of nitrogens with zero attached hydrogens (tertiary/aromatic N) is 2. The summed E-state index contributed by atoms with van der Waals surface area (Å²) in [6.45, 7) is 1.10. The van der Waals surface area contributed by atoms with Crippen LogP contribution in [-0.4, -0.2) is 61.2 Å². The van der Waals surface area contributed by atoms with Crippen LogP contribution in [0.3, 0.4) is 0 Å². The van der Waals surface area contributed by atoms with Gasteiger partial charge < -0.3 is 14.2 Å². The topological polar surface area (TPSA) is 89.7 Å². The normalized spacial score (nSPS) is 27.8. The molecule has 1 aromatic rings. The fraction of sp³-hybridized carbons (Fsp3) is 0.692. The fourth-order valence-corrected chi connectivity index (χ4v) is 4.63. The number of carbonyl (C=O) groups is 1. The Morgan fingerprint density at radius 3 is 2.86 bits per heavy atom. The van der Waals surface area contributed by atoms with Crippen molar-refractivity contribution in [2.75, 3.05) is 24.7 Å². The van der Waals surface area contributed by atoms with E-state index < -0.39 is 9.84 Å². The summed E-state index contributed by atoms with van der Waals surface area (Å²) in [5.74, 6) is -0.143. The third-order valence-corrected chi connectivity index (χ3v) is 5.74. The van der Waals surface area contributed by atoms with Crippen molar-refractivity contribution in [1.29, 1.82) is 0 Å². The number of carbonyl (C=O) groups excluding carboxylic acids is 1. The molecule has 2 aliphatic rings. The van der Waals surface area contributed by atoms with Gasteiger partial charge in [0, 0.05) is 25.3 Å². The van der Waals surface area contributed by atoms with Gasteiger partial charge in [0.2, 0.25) is 0 Å². The van der Waals surface area contributed by atoms with Crippen LogP contribution in [0, 0.1) is 0 Å². The largest absolute Gasteiger partial charge is 0.376 e. The van der Waals surface area contributed by atoms with E-state index in [0.29, 0.717) is 19.6 Å². The molecule has 0 radical (unpaired) electrons. The van der Waals surface area contributed by atoms with Crippen LogP contribution in [0.1, 0.15) is 29.8 Å². The molecule has 0 aromatic carbocycles. The predicted octanol–water partition coefficient (Wildman–Crippen LogP) is 0.483. The monoisotopic (exact) mass is 314 g/mol. The predicted molar refractivity (Wildman–Crippen MR) is 73.6 cm³/mol. The number of sulfone groups is 1. The number of rotatable bonds is 4. The average Bonchev–Trinajstić information content (AvgIpc) is 3.16. The van der Waals surface area contributed by atoms with Gasteiger partial charge in [-0.3, -0.25) is 4.79 Å². The molecule has 2 saturated heterocycles. The van der Waals surface area contributed by atoms with E-state index in [1.807, 2.05) is 0 Å². The lowest BCUT2D eigenvalue weighted by atomic mass is 10.1. The minimum absolute atomic E-state index is 0.0172. The van der Waals surface area contributed by atoms with Gasteiger partial charge in [-0.2, -0.15) is 0 Å². The molecule has 0 N–H and O–H groups in total. The van der Waals surface area contributed by atoms with Crippen LogP contribution in [0.4, 0.5) is 0 Å². The van der Waals surface area contributed by atoms with E-state index >= 15 is 0 Å². The zero-order chi connectivity index (χ0) is 14.9. The average molecular weight is 314 g/mol. The molecule has 7 nitrogen and oxygen atoms in total. The second-order valence-electron chi connectivity index (χ2n) is 5.53. The van der Waals surface area contributed by atoms with Crippen LogP contribution in [0.15, 0.2) is 16.9 Å². The van der Waals surface area contributed by atoms with Crippen LogP contribution >= 0.6 is 0 Å². The highest BCUT2D eigenvalue weighted by Gasteiger charge is 2.37. The van der Waals surface area contributed by atoms with Crippen LogP contribution in [0.25, 0.3) is 0 Å². The van der Waals surface area contributed by atoms with E-state index in [2.05, 4.69) is 5.16 Å². The molecule has 21 heavy (non-hydrogen) atoms. The van der Waals surface area contributed by atoms with Gasteiger partial charge in [0.25, 0.3) is 5.91 Å². The van der Waals surface area contributed by atoms with Crippen LogP contribution in [0.2, 0.25) is 0 Å². The molecular formula is C13H18N2O5S. The van der Waals surface area contributed by atoms with Crippen LogP contribution < -0.4 is 0 Å². The standard InChI is InChI=1S/C13H18N2O5S/c16-13(12-3-6-20-14-12)15(8-11-2-1-5-19-11)10-4-7-21(17,18)9-10/h3,6,10-11H,1-2,4-5,7-9H2. The summed E-state index contributed by atoms with van der Waals surface area (Å²) < 4.78 is 33.7. The maximum atomic E-state index is 12.5. The highest BCUT2D eigenvalue weighted by atomic mass is 32.2. The summed E-state index contributed by atoms with van der Waals surface area (Å²) >= 11 is 0. The Morgan fingerprint density at radius 2 is 2.29 bits per heavy atom. The first-order valence-electron chi connectivity index (χ1n) is 7.08. The van der Waals surface area contributed by atoms with Gasteiger partial charge in [0.05, 0.1) is 17.6 Å². The van der Waals surface area contributed by atoms with Crippen molar-refractivity contribution >= 4 is 15.7 Å². The van der Waals surface area contributed by atoms with Gasteiger partial charge in [0.15, 0.2) is 15.5 Å². The van der Waals surface area contributed by atoms with Gasteiger partial charge in [0.1, 0.15) is 6.26 Å². The van der Waals surface area contributed by atoms with Gasteiger partial charge in [-0.15, -0.1) is 0 Å². The molecule has 8 heteroatoms. The first-order valence-corrected chi connectivity index (χ1v) is 8.91. The van der Waals surface area contributed by atoms with E-state index in [0.717, 1.165) is 12.8 Å². The van der Waals surface area contributed by atoms with Gasteiger partial charge in [-0.05, 0) is 19.3 Å². The van der Waals surface area contributed by atoms with E-state index in [-0.39, 0.29) is 35.3 Å². The van der Waals surface area contributed by atoms with Crippen molar-refractivity contribution in [3.8, 4) is 0 Å². The van der Waals surface area contributed by atoms with E-state index in [1.165, 1.54) is 12.3 Å². The summed E-state index contributed by atoms with van der Waals surface area (Å²) in [6.07, 6.45) is 3.65. The van der Waals surface area contributed by atoms with Crippen molar-refractivity contribution in [3.05, 3.63) is 18.0 Å². The Labute approximate surface area is 123 Å². The molecule has 2 fully saturated rings. The Kier molecular flexibility index (Phi) is 3.99. The van der Waals surface area contributed by atoms with E-state index in [9.17, 15) is 13.2 Å². The number of hydrogen-bond acceptors (Lipinski definition) is 6. The van der Waals surface area contributed by atoms with Crippen molar-refractivity contribution in [2.24, 2.45) is 0 Å². The third-order valence-electron chi connectivity index (χ3n) is 3.99. The van der Waals surface area contributed by atoms with Crippen molar-refractivity contribution in [3.63, 3.8) is 0 Å². The quantitative estimate of drug-likeness (QED) is 0.803. The summed E-state index contributed by atoms with van der Waals surface area (Å²) in [6, 6.07) is 1.19. The second-order valence-corrected chi connectivity index (χ2v) is 7.76. The highest BCUT2D eigenvalue weighted by Crippen LogP contribution is 2.22. The summed E-state index contributed by atoms with van der Waals surface area (Å²) in [5, 5.41) is 3.66. The number of aromatic nitrogens is 1. The van der Waals surface area contributed by atoms with E-state index in [4.69, 9.17) is 9.26 Å². The summed E-state index contributed by atoms with van der Waals surface area (Å²) in [4.78, 5) is 14.1. The molecule has 0 bridgehead atoms. The minimum atomic E-state index is -3.05. The first-order chi connectivity index (χ1) is 10.1. The van der Waals surface area contributed by atoms with Gasteiger partial charge >= 0.3 is 0 Å². The molecule has 0 aliphatic carbocycles. The molecule has 1 aromatic heterocycles. The Hall–Kier alpha value is -1.41. The molecule has 3 rings (SSSR count). The smallest absolute Gasteiger partial charge is 0.276 e. The fourth-order valence-electron chi connectivity index (χ4n) is 2.90. The first kappa shape index (κ1) is 14.5. The third kappa shape index (κ3) is 3.26. The van der Waals surface area contributed by atoms with Crippen LogP contribution in [0.5, 0.6) is 0 Å². The lowest BCUT2D eigenvalue weighted by molar-refractivity contribution is 0.0434. The molecule has 116 valence electrons. The molecule has 2 aliphatic heterocycles. The molecule has 3 heterocycles. The Morgan fingerprint density at radius 1 is 1.43 bits per heavy atom. The second kappa shape index (κ2) is 5.76. The zero-order valence-corrected chi connectivity index (χ0v) is 12.4. The summed E-state index contributed by atoms with van der Waals surface area (Å²) in [5.41, 5.74) is 0.206. The maximum Gasteiger partial charge on any atom is 0.276 e. The molecule has 0 spiro atoms. The number of ether oxygens (including phenoxy) is 1. The lowest BCUT2D eigenvalue weighted by Gasteiger charge is -2.29. The number of amides is 1. The zero-order valence-electron chi connectivity index (χ0n) is 11.6. The van der Waals surface area contributed by atoms with Crippen molar-refractivity contribution < 1.29 is 22.5 Å². The van der Waals surface area contributed by atoms with E-state index in [1.54, 1.807) is 4.90 Å². The molecule has 0 saturated carbocycles. The molecular weight excluding hydrogens is 296 g/mol.